The number of nitrogens with zero attached hydrogens (tertiary/aromatic N) is 2. The van der Waals surface area contributed by atoms with E-state index in [2.05, 4.69) is 36.9 Å². The van der Waals surface area contributed by atoms with E-state index in [0.717, 1.165) is 18.7 Å². The molecule has 0 amide bonds. The largest absolute Gasteiger partial charge is 0.330 e. The highest BCUT2D eigenvalue weighted by Gasteiger charge is 2.28. The Morgan fingerprint density at radius 1 is 1.37 bits per heavy atom. The average molecular weight is 257 g/mol. The molecule has 1 aromatic rings. The van der Waals surface area contributed by atoms with E-state index in [0.29, 0.717) is 18.0 Å². The van der Waals surface area contributed by atoms with Crippen LogP contribution in [0.1, 0.15) is 43.9 Å². The molecule has 2 rings (SSSR count). The zero-order valence-electron chi connectivity index (χ0n) is 11.8. The Morgan fingerprint density at radius 2 is 2.05 bits per heavy atom. The SMILES string of the molecule is CC1CCC(CN)CN1C(C)c1ccc(C#N)cc1. The monoisotopic (exact) mass is 257 g/mol. The number of hydrogen-bond donors (Lipinski definition) is 1. The van der Waals surface area contributed by atoms with Crippen molar-refractivity contribution in [2.45, 2.75) is 38.8 Å². The van der Waals surface area contributed by atoms with E-state index < -0.39 is 0 Å². The highest BCUT2D eigenvalue weighted by atomic mass is 15.2. The second kappa shape index (κ2) is 6.18. The van der Waals surface area contributed by atoms with Gasteiger partial charge in [-0.05, 0) is 56.8 Å². The summed E-state index contributed by atoms with van der Waals surface area (Å²) >= 11 is 0. The van der Waals surface area contributed by atoms with Gasteiger partial charge in [-0.25, -0.2) is 0 Å². The Kier molecular flexibility index (Phi) is 4.57. The fourth-order valence-electron chi connectivity index (χ4n) is 2.97. The molecule has 0 radical (unpaired) electrons. The summed E-state index contributed by atoms with van der Waals surface area (Å²) in [6.07, 6.45) is 2.47. The van der Waals surface area contributed by atoms with Gasteiger partial charge < -0.3 is 5.73 Å². The molecule has 1 aliphatic heterocycles. The molecule has 0 saturated carbocycles. The lowest BCUT2D eigenvalue weighted by Gasteiger charge is -2.41. The molecule has 1 aromatic carbocycles. The summed E-state index contributed by atoms with van der Waals surface area (Å²) in [6.45, 7) is 6.41. The average Bonchev–Trinajstić information content (AvgIpc) is 2.47. The maximum absolute atomic E-state index is 8.85. The molecule has 1 aliphatic rings. The number of benzene rings is 1. The minimum Gasteiger partial charge on any atom is -0.330 e. The van der Waals surface area contributed by atoms with Crippen molar-refractivity contribution in [1.82, 2.24) is 4.90 Å². The van der Waals surface area contributed by atoms with Gasteiger partial charge in [0.25, 0.3) is 0 Å². The first-order valence-electron chi connectivity index (χ1n) is 7.11. The van der Waals surface area contributed by atoms with E-state index in [1.807, 2.05) is 12.1 Å². The number of hydrogen-bond acceptors (Lipinski definition) is 3. The van der Waals surface area contributed by atoms with Gasteiger partial charge >= 0.3 is 0 Å². The fourth-order valence-corrected chi connectivity index (χ4v) is 2.97. The Bertz CT molecular complexity index is 446. The van der Waals surface area contributed by atoms with Crippen LogP contribution in [0.2, 0.25) is 0 Å². The van der Waals surface area contributed by atoms with Gasteiger partial charge in [-0.15, -0.1) is 0 Å². The van der Waals surface area contributed by atoms with Crippen LogP contribution in [0.25, 0.3) is 0 Å². The van der Waals surface area contributed by atoms with Crippen LogP contribution in [0.5, 0.6) is 0 Å². The third-order valence-corrected chi connectivity index (χ3v) is 4.38. The van der Waals surface area contributed by atoms with Crippen molar-refractivity contribution in [3.8, 4) is 6.07 Å². The lowest BCUT2D eigenvalue weighted by Crippen LogP contribution is -2.44. The Morgan fingerprint density at radius 3 is 2.63 bits per heavy atom. The smallest absolute Gasteiger partial charge is 0.0991 e. The molecule has 1 heterocycles. The van der Waals surface area contributed by atoms with Crippen molar-refractivity contribution >= 4 is 0 Å². The van der Waals surface area contributed by atoms with E-state index in [1.54, 1.807) is 0 Å². The van der Waals surface area contributed by atoms with Gasteiger partial charge in [-0.3, -0.25) is 4.90 Å². The summed E-state index contributed by atoms with van der Waals surface area (Å²) in [5.74, 6) is 0.622. The van der Waals surface area contributed by atoms with Crippen molar-refractivity contribution in [2.24, 2.45) is 11.7 Å². The topological polar surface area (TPSA) is 53.0 Å². The molecule has 0 bridgehead atoms. The van der Waals surface area contributed by atoms with Crippen LogP contribution in [-0.4, -0.2) is 24.0 Å². The van der Waals surface area contributed by atoms with Gasteiger partial charge in [-0.2, -0.15) is 5.26 Å². The summed E-state index contributed by atoms with van der Waals surface area (Å²) in [5.41, 5.74) is 7.83. The van der Waals surface area contributed by atoms with Crippen molar-refractivity contribution in [3.05, 3.63) is 35.4 Å². The Balaban J connectivity index is 2.12. The zero-order valence-corrected chi connectivity index (χ0v) is 11.8. The Hall–Kier alpha value is -1.37. The second-order valence-electron chi connectivity index (χ2n) is 5.63. The van der Waals surface area contributed by atoms with E-state index in [1.165, 1.54) is 18.4 Å². The first-order chi connectivity index (χ1) is 9.15. The highest BCUT2D eigenvalue weighted by molar-refractivity contribution is 5.32. The van der Waals surface area contributed by atoms with Gasteiger partial charge in [0.05, 0.1) is 11.6 Å². The van der Waals surface area contributed by atoms with Crippen LogP contribution in [0.15, 0.2) is 24.3 Å². The van der Waals surface area contributed by atoms with Crippen molar-refractivity contribution in [1.29, 1.82) is 5.26 Å². The van der Waals surface area contributed by atoms with Gasteiger partial charge in [0, 0.05) is 18.6 Å². The molecule has 2 N–H and O–H groups in total. The minimum absolute atomic E-state index is 0.386. The molecule has 3 nitrogen and oxygen atoms in total. The van der Waals surface area contributed by atoms with Crippen LogP contribution < -0.4 is 5.73 Å². The quantitative estimate of drug-likeness (QED) is 0.905. The summed E-state index contributed by atoms with van der Waals surface area (Å²) in [6, 6.07) is 11.1. The molecule has 0 aliphatic carbocycles. The molecule has 3 atom stereocenters. The summed E-state index contributed by atoms with van der Waals surface area (Å²) < 4.78 is 0. The van der Waals surface area contributed by atoms with E-state index in [-0.39, 0.29) is 0 Å². The van der Waals surface area contributed by atoms with Crippen LogP contribution >= 0.6 is 0 Å². The van der Waals surface area contributed by atoms with Crippen LogP contribution in [0.4, 0.5) is 0 Å². The normalized spacial score (nSPS) is 25.8. The fraction of sp³-hybridized carbons (Fsp3) is 0.562. The molecule has 19 heavy (non-hydrogen) atoms. The maximum atomic E-state index is 8.85. The van der Waals surface area contributed by atoms with Crippen LogP contribution in [0.3, 0.4) is 0 Å². The number of rotatable bonds is 3. The summed E-state index contributed by atoms with van der Waals surface area (Å²) in [4.78, 5) is 2.54. The number of piperidine rings is 1. The third-order valence-electron chi connectivity index (χ3n) is 4.38. The van der Waals surface area contributed by atoms with Crippen LogP contribution in [-0.2, 0) is 0 Å². The van der Waals surface area contributed by atoms with Crippen LogP contribution in [0, 0.1) is 17.2 Å². The molecule has 3 unspecified atom stereocenters. The third kappa shape index (κ3) is 3.15. The molecule has 3 heteroatoms. The first-order valence-corrected chi connectivity index (χ1v) is 7.11. The van der Waals surface area contributed by atoms with E-state index in [4.69, 9.17) is 11.0 Å². The van der Waals surface area contributed by atoms with Gasteiger partial charge in [0.15, 0.2) is 0 Å². The predicted molar refractivity (Wildman–Crippen MR) is 77.5 cm³/mol. The lowest BCUT2D eigenvalue weighted by atomic mass is 9.91. The number of likely N-dealkylation sites (tertiary alicyclic amines) is 1. The Labute approximate surface area is 116 Å². The van der Waals surface area contributed by atoms with Crippen molar-refractivity contribution < 1.29 is 0 Å². The van der Waals surface area contributed by atoms with E-state index in [9.17, 15) is 0 Å². The predicted octanol–water partition coefficient (Wildman–Crippen LogP) is 2.68. The number of nitriles is 1. The minimum atomic E-state index is 0.386. The number of nitrogens with two attached hydrogens (primary N) is 1. The molecule has 1 saturated heterocycles. The standard InChI is InChI=1S/C16H23N3/c1-12-3-4-15(10-18)11-19(12)13(2)16-7-5-14(9-17)6-8-16/h5-8,12-13,15H,3-4,10-11,18H2,1-2H3. The summed E-state index contributed by atoms with van der Waals surface area (Å²) in [5, 5.41) is 8.85. The molecule has 102 valence electrons. The van der Waals surface area contributed by atoms with E-state index >= 15 is 0 Å². The lowest BCUT2D eigenvalue weighted by molar-refractivity contribution is 0.0812. The molecule has 0 spiro atoms. The maximum Gasteiger partial charge on any atom is 0.0991 e. The molecule has 0 aromatic heterocycles. The zero-order chi connectivity index (χ0) is 13.8. The molecular weight excluding hydrogens is 234 g/mol. The van der Waals surface area contributed by atoms with Crippen molar-refractivity contribution in [2.75, 3.05) is 13.1 Å². The van der Waals surface area contributed by atoms with Crippen molar-refractivity contribution in [3.63, 3.8) is 0 Å². The highest BCUT2D eigenvalue weighted by Crippen LogP contribution is 2.30. The van der Waals surface area contributed by atoms with Gasteiger partial charge in [-0.1, -0.05) is 12.1 Å². The van der Waals surface area contributed by atoms with Gasteiger partial charge in [0.2, 0.25) is 0 Å². The molecule has 1 fully saturated rings. The molecular formula is C16H23N3. The first kappa shape index (κ1) is 14.0. The van der Waals surface area contributed by atoms with Gasteiger partial charge in [0.1, 0.15) is 0 Å². The summed E-state index contributed by atoms with van der Waals surface area (Å²) in [7, 11) is 0. The second-order valence-corrected chi connectivity index (χ2v) is 5.63.